The van der Waals surface area contributed by atoms with Crippen molar-refractivity contribution in [3.63, 3.8) is 0 Å². The summed E-state index contributed by atoms with van der Waals surface area (Å²) in [7, 11) is 1.74. The Hall–Kier alpha value is -1.28. The highest BCUT2D eigenvalue weighted by Gasteiger charge is 2.55. The third-order valence-corrected chi connectivity index (χ3v) is 6.86. The first kappa shape index (κ1) is 14.3. The Morgan fingerprint density at radius 2 is 2.14 bits per heavy atom. The van der Waals surface area contributed by atoms with Crippen LogP contribution in [-0.4, -0.2) is 18.3 Å². The number of hydrogen-bond acceptors (Lipinski definition) is 2. The number of methoxy groups -OCH3 is 1. The van der Waals surface area contributed by atoms with Crippen molar-refractivity contribution in [3.8, 4) is 5.75 Å². The van der Waals surface area contributed by atoms with Gasteiger partial charge in [0.1, 0.15) is 5.75 Å². The molecule has 0 spiro atoms. The van der Waals surface area contributed by atoms with Crippen molar-refractivity contribution in [1.82, 2.24) is 0 Å². The molecule has 0 aromatic heterocycles. The molecule has 1 N–H and O–H groups in total. The first-order valence-corrected chi connectivity index (χ1v) is 8.57. The Bertz CT molecular complexity index is 620. The monoisotopic (exact) mass is 298 g/mol. The number of rotatable bonds is 1. The van der Waals surface area contributed by atoms with Gasteiger partial charge in [0.25, 0.3) is 0 Å². The fourth-order valence-electron chi connectivity index (χ4n) is 5.62. The van der Waals surface area contributed by atoms with E-state index in [0.717, 1.165) is 30.6 Å². The van der Waals surface area contributed by atoms with Gasteiger partial charge in [-0.1, -0.05) is 19.6 Å². The first-order valence-electron chi connectivity index (χ1n) is 8.57. The molecule has 5 atom stereocenters. The van der Waals surface area contributed by atoms with Gasteiger partial charge < -0.3 is 9.84 Å². The molecule has 0 amide bonds. The van der Waals surface area contributed by atoms with Gasteiger partial charge in [-0.3, -0.25) is 0 Å². The SMILES string of the molecule is C=C1C[C@H]2[C@@H]3CCc4cc(OC)ccc4[C@H]3CC[C@@]2(C)[C@H]1O. The quantitative estimate of drug-likeness (QED) is 0.792. The largest absolute Gasteiger partial charge is 0.497 e. The summed E-state index contributed by atoms with van der Waals surface area (Å²) < 4.78 is 5.39. The Morgan fingerprint density at radius 1 is 1.32 bits per heavy atom. The van der Waals surface area contributed by atoms with E-state index >= 15 is 0 Å². The molecule has 2 saturated carbocycles. The summed E-state index contributed by atoms with van der Waals surface area (Å²) in [5, 5.41) is 10.6. The molecule has 0 heterocycles. The van der Waals surface area contributed by atoms with Crippen molar-refractivity contribution in [2.24, 2.45) is 17.3 Å². The summed E-state index contributed by atoms with van der Waals surface area (Å²) in [5.41, 5.74) is 4.13. The Balaban J connectivity index is 1.70. The van der Waals surface area contributed by atoms with E-state index in [1.807, 2.05) is 0 Å². The maximum atomic E-state index is 10.6. The Kier molecular flexibility index (Phi) is 3.16. The van der Waals surface area contributed by atoms with Crippen LogP contribution in [0.25, 0.3) is 0 Å². The van der Waals surface area contributed by atoms with Crippen LogP contribution in [0.3, 0.4) is 0 Å². The number of ether oxygens (including phenoxy) is 1. The minimum atomic E-state index is -0.296. The van der Waals surface area contributed by atoms with Crippen molar-refractivity contribution in [2.75, 3.05) is 7.11 Å². The summed E-state index contributed by atoms with van der Waals surface area (Å²) in [6.07, 6.45) is 5.42. The molecule has 0 saturated heterocycles. The van der Waals surface area contributed by atoms with Crippen molar-refractivity contribution >= 4 is 0 Å². The lowest BCUT2D eigenvalue weighted by molar-refractivity contribution is -0.0159. The zero-order chi connectivity index (χ0) is 15.5. The van der Waals surface area contributed by atoms with Gasteiger partial charge in [0.05, 0.1) is 13.2 Å². The van der Waals surface area contributed by atoms with E-state index in [2.05, 4.69) is 31.7 Å². The van der Waals surface area contributed by atoms with E-state index in [0.29, 0.717) is 17.8 Å². The predicted octanol–water partition coefficient (Wildman–Crippen LogP) is 4.08. The van der Waals surface area contributed by atoms with E-state index in [4.69, 9.17) is 4.74 Å². The zero-order valence-electron chi connectivity index (χ0n) is 13.6. The van der Waals surface area contributed by atoms with Crippen LogP contribution in [0.1, 0.15) is 49.7 Å². The van der Waals surface area contributed by atoms with Crippen molar-refractivity contribution < 1.29 is 9.84 Å². The lowest BCUT2D eigenvalue weighted by Gasteiger charge is -2.49. The Labute approximate surface area is 133 Å². The molecule has 2 nitrogen and oxygen atoms in total. The Morgan fingerprint density at radius 3 is 2.91 bits per heavy atom. The van der Waals surface area contributed by atoms with Crippen LogP contribution in [0.15, 0.2) is 30.4 Å². The summed E-state index contributed by atoms with van der Waals surface area (Å²) in [6.45, 7) is 6.43. The summed E-state index contributed by atoms with van der Waals surface area (Å²) in [6, 6.07) is 6.62. The lowest BCUT2D eigenvalue weighted by Crippen LogP contribution is -2.44. The van der Waals surface area contributed by atoms with Gasteiger partial charge in [-0.25, -0.2) is 0 Å². The van der Waals surface area contributed by atoms with Gasteiger partial charge in [-0.05, 0) is 78.7 Å². The second-order valence-corrected chi connectivity index (χ2v) is 7.79. The highest BCUT2D eigenvalue weighted by Crippen LogP contribution is 2.61. The summed E-state index contributed by atoms with van der Waals surface area (Å²) >= 11 is 0. The molecule has 1 aromatic rings. The number of aryl methyl sites for hydroxylation is 1. The van der Waals surface area contributed by atoms with E-state index in [9.17, 15) is 5.11 Å². The van der Waals surface area contributed by atoms with Crippen molar-refractivity contribution in [2.45, 2.75) is 51.0 Å². The smallest absolute Gasteiger partial charge is 0.119 e. The second kappa shape index (κ2) is 4.86. The van der Waals surface area contributed by atoms with Crippen LogP contribution >= 0.6 is 0 Å². The third-order valence-electron chi connectivity index (χ3n) is 6.86. The molecule has 1 aromatic carbocycles. The second-order valence-electron chi connectivity index (χ2n) is 7.79. The van der Waals surface area contributed by atoms with Crippen LogP contribution in [-0.2, 0) is 6.42 Å². The molecule has 2 heteroatoms. The van der Waals surface area contributed by atoms with Crippen LogP contribution in [0.4, 0.5) is 0 Å². The standard InChI is InChI=1S/C20H26O2/c1-12-10-18-17-6-4-13-11-14(22-3)5-7-15(13)16(17)8-9-20(18,2)19(12)21/h5,7,11,16-19,21H,1,4,6,8-10H2,2-3H3/t16-,17-,18+,19+,20-/m1/s1. The predicted molar refractivity (Wildman–Crippen MR) is 88.1 cm³/mol. The van der Waals surface area contributed by atoms with Gasteiger partial charge in [0.2, 0.25) is 0 Å². The molecule has 3 aliphatic rings. The topological polar surface area (TPSA) is 29.5 Å². The highest BCUT2D eigenvalue weighted by molar-refractivity contribution is 5.41. The van der Waals surface area contributed by atoms with E-state index < -0.39 is 0 Å². The highest BCUT2D eigenvalue weighted by atomic mass is 16.5. The third kappa shape index (κ3) is 1.83. The van der Waals surface area contributed by atoms with Gasteiger partial charge in [0, 0.05) is 5.41 Å². The lowest BCUT2D eigenvalue weighted by atomic mass is 9.55. The number of aliphatic hydroxyl groups is 1. The molecule has 3 aliphatic carbocycles. The van der Waals surface area contributed by atoms with Crippen LogP contribution < -0.4 is 4.74 Å². The van der Waals surface area contributed by atoms with E-state index in [1.165, 1.54) is 24.0 Å². The number of hydrogen-bond donors (Lipinski definition) is 1. The molecular weight excluding hydrogens is 272 g/mol. The number of aliphatic hydroxyl groups excluding tert-OH is 1. The summed E-state index contributed by atoms with van der Waals surface area (Å²) in [5.74, 6) is 2.94. The zero-order valence-corrected chi connectivity index (χ0v) is 13.6. The number of benzene rings is 1. The molecule has 22 heavy (non-hydrogen) atoms. The van der Waals surface area contributed by atoms with Crippen molar-refractivity contribution in [1.29, 1.82) is 0 Å². The average Bonchev–Trinajstić information content (AvgIpc) is 2.77. The van der Waals surface area contributed by atoms with Gasteiger partial charge >= 0.3 is 0 Å². The molecule has 0 unspecified atom stereocenters. The van der Waals surface area contributed by atoms with Gasteiger partial charge in [-0.15, -0.1) is 0 Å². The normalized spacial score (nSPS) is 39.9. The molecule has 0 aliphatic heterocycles. The molecule has 0 bridgehead atoms. The van der Waals surface area contributed by atoms with Crippen molar-refractivity contribution in [3.05, 3.63) is 41.5 Å². The minimum absolute atomic E-state index is 0.0578. The van der Waals surface area contributed by atoms with Crippen LogP contribution in [0.5, 0.6) is 5.75 Å². The van der Waals surface area contributed by atoms with Gasteiger partial charge in [0.15, 0.2) is 0 Å². The van der Waals surface area contributed by atoms with Crippen LogP contribution in [0, 0.1) is 17.3 Å². The fourth-order valence-corrected chi connectivity index (χ4v) is 5.62. The molecule has 2 fully saturated rings. The van der Waals surface area contributed by atoms with E-state index in [1.54, 1.807) is 7.11 Å². The first-order chi connectivity index (χ1) is 10.5. The maximum Gasteiger partial charge on any atom is 0.119 e. The molecule has 0 radical (unpaired) electrons. The fraction of sp³-hybridized carbons (Fsp3) is 0.600. The average molecular weight is 298 g/mol. The van der Waals surface area contributed by atoms with E-state index in [-0.39, 0.29) is 11.5 Å². The molecular formula is C20H26O2. The summed E-state index contributed by atoms with van der Waals surface area (Å²) in [4.78, 5) is 0. The minimum Gasteiger partial charge on any atom is -0.497 e. The number of fused-ring (bicyclic) bond motifs is 5. The van der Waals surface area contributed by atoms with Crippen LogP contribution in [0.2, 0.25) is 0 Å². The maximum absolute atomic E-state index is 10.6. The van der Waals surface area contributed by atoms with Gasteiger partial charge in [-0.2, -0.15) is 0 Å². The molecule has 4 rings (SSSR count). The molecule has 118 valence electrons.